The predicted molar refractivity (Wildman–Crippen MR) is 40.2 cm³/mol. The van der Waals surface area contributed by atoms with Crippen LogP contribution in [0.15, 0.2) is 18.7 Å². The third kappa shape index (κ3) is 1.62. The molecule has 0 amide bonds. The first-order valence-electron chi connectivity index (χ1n) is 3.16. The summed E-state index contributed by atoms with van der Waals surface area (Å²) in [6, 6.07) is 2.76. The molecule has 0 spiro atoms. The van der Waals surface area contributed by atoms with Crippen LogP contribution in [0.25, 0.3) is 6.08 Å². The standard InChI is InChI=1S/C8H8FNO/c1-2-6-3-4-8(9)10-7(6)5-11/h2-4,11H,1,5H2. The van der Waals surface area contributed by atoms with E-state index in [0.29, 0.717) is 11.3 Å². The molecule has 58 valence electrons. The Labute approximate surface area is 64.0 Å². The fraction of sp³-hybridized carbons (Fsp3) is 0.125. The van der Waals surface area contributed by atoms with Crippen molar-refractivity contribution in [3.63, 3.8) is 0 Å². The number of aromatic nitrogens is 1. The Balaban J connectivity index is 3.16. The van der Waals surface area contributed by atoms with E-state index in [2.05, 4.69) is 11.6 Å². The summed E-state index contributed by atoms with van der Waals surface area (Å²) in [5, 5.41) is 8.70. The van der Waals surface area contributed by atoms with Crippen molar-refractivity contribution in [3.05, 3.63) is 35.9 Å². The zero-order valence-corrected chi connectivity index (χ0v) is 5.92. The molecule has 0 aliphatic carbocycles. The van der Waals surface area contributed by atoms with Gasteiger partial charge in [0.15, 0.2) is 0 Å². The van der Waals surface area contributed by atoms with Gasteiger partial charge in [-0.2, -0.15) is 4.39 Å². The molecular weight excluding hydrogens is 145 g/mol. The van der Waals surface area contributed by atoms with E-state index < -0.39 is 5.95 Å². The lowest BCUT2D eigenvalue weighted by atomic mass is 10.2. The molecule has 0 fully saturated rings. The Kier molecular flexibility index (Phi) is 2.33. The normalized spacial score (nSPS) is 9.64. The number of rotatable bonds is 2. The van der Waals surface area contributed by atoms with Crippen molar-refractivity contribution in [1.29, 1.82) is 0 Å². The van der Waals surface area contributed by atoms with E-state index >= 15 is 0 Å². The van der Waals surface area contributed by atoms with Crippen LogP contribution in [0.3, 0.4) is 0 Å². The van der Waals surface area contributed by atoms with E-state index in [-0.39, 0.29) is 6.61 Å². The van der Waals surface area contributed by atoms with Crippen molar-refractivity contribution >= 4 is 6.08 Å². The Morgan fingerprint density at radius 1 is 1.64 bits per heavy atom. The monoisotopic (exact) mass is 153 g/mol. The van der Waals surface area contributed by atoms with Gasteiger partial charge in [-0.05, 0) is 17.7 Å². The van der Waals surface area contributed by atoms with Gasteiger partial charge in [0.2, 0.25) is 5.95 Å². The lowest BCUT2D eigenvalue weighted by Gasteiger charge is -1.99. The largest absolute Gasteiger partial charge is 0.390 e. The van der Waals surface area contributed by atoms with Gasteiger partial charge in [0.05, 0.1) is 12.3 Å². The molecule has 1 rings (SSSR count). The van der Waals surface area contributed by atoms with Gasteiger partial charge < -0.3 is 5.11 Å². The second-order valence-corrected chi connectivity index (χ2v) is 2.03. The van der Waals surface area contributed by atoms with Crippen LogP contribution < -0.4 is 0 Å². The highest BCUT2D eigenvalue weighted by Gasteiger charge is 2.00. The van der Waals surface area contributed by atoms with Crippen LogP contribution in [-0.2, 0) is 6.61 Å². The van der Waals surface area contributed by atoms with E-state index in [1.54, 1.807) is 0 Å². The first-order valence-corrected chi connectivity index (χ1v) is 3.16. The number of nitrogens with zero attached hydrogens (tertiary/aromatic N) is 1. The lowest BCUT2D eigenvalue weighted by molar-refractivity contribution is 0.274. The highest BCUT2D eigenvalue weighted by atomic mass is 19.1. The van der Waals surface area contributed by atoms with Gasteiger partial charge in [-0.1, -0.05) is 12.7 Å². The molecule has 1 aromatic heterocycles. The lowest BCUT2D eigenvalue weighted by Crippen LogP contribution is -1.95. The molecule has 0 atom stereocenters. The molecule has 2 nitrogen and oxygen atoms in total. The maximum Gasteiger partial charge on any atom is 0.213 e. The maximum atomic E-state index is 12.4. The van der Waals surface area contributed by atoms with E-state index in [1.807, 2.05) is 0 Å². The molecule has 0 saturated heterocycles. The van der Waals surface area contributed by atoms with Crippen molar-refractivity contribution in [2.75, 3.05) is 0 Å². The quantitative estimate of drug-likeness (QED) is 0.650. The van der Waals surface area contributed by atoms with Gasteiger partial charge in [0.1, 0.15) is 0 Å². The van der Waals surface area contributed by atoms with Crippen LogP contribution in [0, 0.1) is 5.95 Å². The molecule has 0 aromatic carbocycles. The molecule has 0 radical (unpaired) electrons. The molecule has 3 heteroatoms. The predicted octanol–water partition coefficient (Wildman–Crippen LogP) is 1.36. The van der Waals surface area contributed by atoms with Gasteiger partial charge in [-0.25, -0.2) is 4.98 Å². The zero-order valence-electron chi connectivity index (χ0n) is 5.92. The van der Waals surface area contributed by atoms with Crippen LogP contribution in [0.2, 0.25) is 0 Å². The SMILES string of the molecule is C=Cc1ccc(F)nc1CO. The summed E-state index contributed by atoms with van der Waals surface area (Å²) in [5.41, 5.74) is 0.980. The van der Waals surface area contributed by atoms with Gasteiger partial charge >= 0.3 is 0 Å². The second-order valence-electron chi connectivity index (χ2n) is 2.03. The molecule has 1 heterocycles. The van der Waals surface area contributed by atoms with Crippen LogP contribution in [0.5, 0.6) is 0 Å². The number of aliphatic hydroxyl groups excluding tert-OH is 1. The Morgan fingerprint density at radius 3 is 2.91 bits per heavy atom. The molecule has 0 unspecified atom stereocenters. The zero-order chi connectivity index (χ0) is 8.27. The fourth-order valence-corrected chi connectivity index (χ4v) is 0.798. The average Bonchev–Trinajstić information content (AvgIpc) is 2.04. The smallest absolute Gasteiger partial charge is 0.213 e. The number of hydrogen-bond donors (Lipinski definition) is 1. The van der Waals surface area contributed by atoms with Crippen molar-refractivity contribution in [2.45, 2.75) is 6.61 Å². The van der Waals surface area contributed by atoms with Crippen LogP contribution >= 0.6 is 0 Å². The van der Waals surface area contributed by atoms with Crippen LogP contribution in [-0.4, -0.2) is 10.1 Å². The molecule has 1 aromatic rings. The van der Waals surface area contributed by atoms with Gasteiger partial charge in [0.25, 0.3) is 0 Å². The first kappa shape index (κ1) is 7.88. The van der Waals surface area contributed by atoms with Gasteiger partial charge in [0, 0.05) is 0 Å². The van der Waals surface area contributed by atoms with Gasteiger partial charge in [-0.3, -0.25) is 0 Å². The van der Waals surface area contributed by atoms with Crippen LogP contribution in [0.1, 0.15) is 11.3 Å². The molecule has 0 saturated carbocycles. The third-order valence-corrected chi connectivity index (χ3v) is 1.35. The third-order valence-electron chi connectivity index (χ3n) is 1.35. The van der Waals surface area contributed by atoms with E-state index in [1.165, 1.54) is 18.2 Å². The molecule has 0 bridgehead atoms. The number of halogens is 1. The molecule has 11 heavy (non-hydrogen) atoms. The topological polar surface area (TPSA) is 33.1 Å². The average molecular weight is 153 g/mol. The van der Waals surface area contributed by atoms with E-state index in [9.17, 15) is 4.39 Å². The van der Waals surface area contributed by atoms with E-state index in [0.717, 1.165) is 0 Å². The fourth-order valence-electron chi connectivity index (χ4n) is 0.798. The summed E-state index contributed by atoms with van der Waals surface area (Å²) >= 11 is 0. The van der Waals surface area contributed by atoms with Crippen molar-refractivity contribution in [3.8, 4) is 0 Å². The molecular formula is C8H8FNO. The highest BCUT2D eigenvalue weighted by Crippen LogP contribution is 2.07. The number of aliphatic hydroxyl groups is 1. The van der Waals surface area contributed by atoms with Crippen molar-refractivity contribution < 1.29 is 9.50 Å². The van der Waals surface area contributed by atoms with Gasteiger partial charge in [-0.15, -0.1) is 0 Å². The molecule has 0 aliphatic rings. The first-order chi connectivity index (χ1) is 5.27. The summed E-state index contributed by atoms with van der Waals surface area (Å²) in [4.78, 5) is 3.47. The highest BCUT2D eigenvalue weighted by molar-refractivity contribution is 5.48. The summed E-state index contributed by atoms with van der Waals surface area (Å²) in [5.74, 6) is -0.584. The summed E-state index contributed by atoms with van der Waals surface area (Å²) < 4.78 is 12.4. The van der Waals surface area contributed by atoms with E-state index in [4.69, 9.17) is 5.11 Å². The number of pyridine rings is 1. The minimum atomic E-state index is -0.584. The minimum Gasteiger partial charge on any atom is -0.390 e. The Morgan fingerprint density at radius 2 is 2.36 bits per heavy atom. The number of hydrogen-bond acceptors (Lipinski definition) is 2. The minimum absolute atomic E-state index is 0.265. The summed E-state index contributed by atoms with van der Waals surface area (Å²) in [7, 11) is 0. The summed E-state index contributed by atoms with van der Waals surface area (Å²) in [6.45, 7) is 3.23. The van der Waals surface area contributed by atoms with Crippen LogP contribution in [0.4, 0.5) is 4.39 Å². The second kappa shape index (κ2) is 3.25. The van der Waals surface area contributed by atoms with Crippen molar-refractivity contribution in [2.24, 2.45) is 0 Å². The van der Waals surface area contributed by atoms with Crippen molar-refractivity contribution in [1.82, 2.24) is 4.98 Å². The maximum absolute atomic E-state index is 12.4. The Hall–Kier alpha value is -1.22. The molecule has 1 N–H and O–H groups in total. The summed E-state index contributed by atoms with van der Waals surface area (Å²) in [6.07, 6.45) is 1.53. The Bertz CT molecular complexity index is 273. The molecule has 0 aliphatic heterocycles.